The van der Waals surface area contributed by atoms with Crippen LogP contribution in [0, 0.1) is 12.7 Å². The smallest absolute Gasteiger partial charge is 0.335 e. The van der Waals surface area contributed by atoms with Crippen LogP contribution in [0.4, 0.5) is 10.1 Å². The Kier molecular flexibility index (Phi) is 5.41. The summed E-state index contributed by atoms with van der Waals surface area (Å²) in [4.78, 5) is 37.7. The number of rotatable bonds is 4. The molecule has 0 unspecified atom stereocenters. The highest BCUT2D eigenvalue weighted by Crippen LogP contribution is 2.29. The Balaban J connectivity index is 1.70. The molecule has 0 radical (unpaired) electrons. The van der Waals surface area contributed by atoms with E-state index < -0.39 is 23.6 Å². The van der Waals surface area contributed by atoms with Crippen molar-refractivity contribution >= 4 is 46.9 Å². The molecule has 1 aliphatic heterocycles. The first-order valence-corrected chi connectivity index (χ1v) is 9.76. The van der Waals surface area contributed by atoms with Crippen LogP contribution in [0.5, 0.6) is 0 Å². The van der Waals surface area contributed by atoms with Crippen molar-refractivity contribution in [3.63, 3.8) is 0 Å². The first-order valence-electron chi connectivity index (χ1n) is 9.36. The summed E-state index contributed by atoms with van der Waals surface area (Å²) in [7, 11) is 0. The quantitative estimate of drug-likeness (QED) is 0.355. The van der Waals surface area contributed by atoms with Gasteiger partial charge in [-0.05, 0) is 73.2 Å². The number of thiocarbonyl (C=S) groups is 1. The fraction of sp³-hybridized carbons (Fsp3) is 0.0435. The van der Waals surface area contributed by atoms with Gasteiger partial charge in [-0.15, -0.1) is 0 Å². The number of carbonyl (C=O) groups is 3. The number of carbonyl (C=O) groups excluding carboxylic acids is 2. The molecule has 0 atom stereocenters. The van der Waals surface area contributed by atoms with Gasteiger partial charge in [0, 0.05) is 5.56 Å². The summed E-state index contributed by atoms with van der Waals surface area (Å²) in [6.07, 6.45) is 1.26. The molecule has 0 saturated carbocycles. The number of nitrogens with one attached hydrogen (secondary N) is 1. The summed E-state index contributed by atoms with van der Waals surface area (Å²) < 4.78 is 19.4. The third kappa shape index (κ3) is 3.93. The van der Waals surface area contributed by atoms with Gasteiger partial charge < -0.3 is 9.52 Å². The third-order valence-corrected chi connectivity index (χ3v) is 5.12. The number of carboxylic acid groups (broad SMARTS) is 1. The molecule has 1 aromatic heterocycles. The number of aryl methyl sites for hydroxylation is 1. The monoisotopic (exact) mass is 450 g/mol. The SMILES string of the molecule is Cc1ccc(C(=O)O)cc1-c1ccc(/C=C2\C(=O)NC(=S)N(c3cccc(F)c3)C2=O)o1. The highest BCUT2D eigenvalue weighted by Gasteiger charge is 2.35. The van der Waals surface area contributed by atoms with Gasteiger partial charge >= 0.3 is 5.97 Å². The van der Waals surface area contributed by atoms with Crippen LogP contribution in [0.25, 0.3) is 17.4 Å². The van der Waals surface area contributed by atoms with E-state index in [0.29, 0.717) is 11.3 Å². The molecule has 0 bridgehead atoms. The van der Waals surface area contributed by atoms with Gasteiger partial charge in [0.1, 0.15) is 22.9 Å². The van der Waals surface area contributed by atoms with Gasteiger partial charge in [-0.25, -0.2) is 9.18 Å². The van der Waals surface area contributed by atoms with Crippen molar-refractivity contribution < 1.29 is 28.3 Å². The van der Waals surface area contributed by atoms with E-state index in [4.69, 9.17) is 16.6 Å². The summed E-state index contributed by atoms with van der Waals surface area (Å²) in [5.74, 6) is -2.50. The number of aromatic carboxylic acids is 1. The summed E-state index contributed by atoms with van der Waals surface area (Å²) >= 11 is 5.09. The Bertz CT molecular complexity index is 1330. The first kappa shape index (κ1) is 21.1. The maximum Gasteiger partial charge on any atom is 0.335 e. The minimum Gasteiger partial charge on any atom is -0.478 e. The van der Waals surface area contributed by atoms with Gasteiger partial charge in [0.15, 0.2) is 5.11 Å². The standard InChI is InChI=1S/C23H15FN2O5S/c1-12-5-6-13(22(29)30)9-17(12)19-8-7-16(31-19)11-18-20(27)25-23(32)26(21(18)28)15-4-2-3-14(24)10-15/h2-11H,1H3,(H,29,30)(H,25,27,32)/b18-11+. The van der Waals surface area contributed by atoms with E-state index in [0.717, 1.165) is 16.5 Å². The Morgan fingerprint density at radius 2 is 1.94 bits per heavy atom. The van der Waals surface area contributed by atoms with Crippen LogP contribution in [-0.4, -0.2) is 28.0 Å². The van der Waals surface area contributed by atoms with Crippen molar-refractivity contribution in [1.82, 2.24) is 5.32 Å². The van der Waals surface area contributed by atoms with E-state index in [1.165, 1.54) is 36.4 Å². The second kappa shape index (κ2) is 8.20. The molecule has 1 saturated heterocycles. The maximum absolute atomic E-state index is 13.6. The third-order valence-electron chi connectivity index (χ3n) is 4.83. The van der Waals surface area contributed by atoms with Gasteiger partial charge in [0.25, 0.3) is 11.8 Å². The number of hydrogen-bond donors (Lipinski definition) is 2. The Morgan fingerprint density at radius 1 is 1.16 bits per heavy atom. The highest BCUT2D eigenvalue weighted by molar-refractivity contribution is 7.80. The van der Waals surface area contributed by atoms with Crippen molar-refractivity contribution in [1.29, 1.82) is 0 Å². The van der Waals surface area contributed by atoms with Crippen LogP contribution in [0.3, 0.4) is 0 Å². The number of nitrogens with zero attached hydrogens (tertiary/aromatic N) is 1. The topological polar surface area (TPSA) is 99.8 Å². The Labute approximate surface area is 186 Å². The van der Waals surface area contributed by atoms with Gasteiger partial charge in [-0.2, -0.15) is 0 Å². The van der Waals surface area contributed by atoms with Crippen LogP contribution in [0.2, 0.25) is 0 Å². The van der Waals surface area contributed by atoms with Crippen molar-refractivity contribution in [3.05, 3.63) is 82.9 Å². The molecule has 32 heavy (non-hydrogen) atoms. The van der Waals surface area contributed by atoms with E-state index in [1.54, 1.807) is 25.1 Å². The minimum atomic E-state index is -1.07. The molecule has 0 spiro atoms. The van der Waals surface area contributed by atoms with Crippen molar-refractivity contribution in [2.24, 2.45) is 0 Å². The van der Waals surface area contributed by atoms with Gasteiger partial charge in [-0.3, -0.25) is 19.8 Å². The number of hydrogen-bond acceptors (Lipinski definition) is 5. The number of carboxylic acids is 1. The molecule has 2 N–H and O–H groups in total. The van der Waals surface area contributed by atoms with Crippen molar-refractivity contribution in [2.75, 3.05) is 4.90 Å². The molecule has 1 fully saturated rings. The summed E-state index contributed by atoms with van der Waals surface area (Å²) in [5.41, 5.74) is 1.38. The molecular weight excluding hydrogens is 435 g/mol. The maximum atomic E-state index is 13.6. The average Bonchev–Trinajstić information content (AvgIpc) is 3.19. The van der Waals surface area contributed by atoms with Crippen LogP contribution in [0.15, 0.2) is 64.6 Å². The molecule has 3 aromatic rings. The second-order valence-corrected chi connectivity index (χ2v) is 7.36. The Hall–Kier alpha value is -4.11. The molecule has 9 heteroatoms. The zero-order valence-electron chi connectivity index (χ0n) is 16.6. The second-order valence-electron chi connectivity index (χ2n) is 6.97. The lowest BCUT2D eigenvalue weighted by molar-refractivity contribution is -0.122. The van der Waals surface area contributed by atoms with Crippen LogP contribution in [0.1, 0.15) is 21.7 Å². The van der Waals surface area contributed by atoms with Crippen LogP contribution in [-0.2, 0) is 9.59 Å². The minimum absolute atomic E-state index is 0.1000. The largest absolute Gasteiger partial charge is 0.478 e. The summed E-state index contributed by atoms with van der Waals surface area (Å²) in [6, 6.07) is 13.1. The zero-order valence-corrected chi connectivity index (χ0v) is 17.4. The molecule has 160 valence electrons. The Morgan fingerprint density at radius 3 is 2.66 bits per heavy atom. The van der Waals surface area contributed by atoms with E-state index in [-0.39, 0.29) is 27.7 Å². The summed E-state index contributed by atoms with van der Waals surface area (Å²) in [5, 5.41) is 11.5. The van der Waals surface area contributed by atoms with Crippen LogP contribution >= 0.6 is 12.2 Å². The number of halogens is 1. The molecule has 1 aliphatic rings. The average molecular weight is 450 g/mol. The molecular formula is C23H15FN2O5S. The van der Waals surface area contributed by atoms with Gasteiger partial charge in [0.05, 0.1) is 11.3 Å². The fourth-order valence-electron chi connectivity index (χ4n) is 3.25. The van der Waals surface area contributed by atoms with E-state index in [2.05, 4.69) is 5.32 Å². The number of anilines is 1. The summed E-state index contributed by atoms with van der Waals surface area (Å²) in [6.45, 7) is 1.80. The molecule has 2 amide bonds. The first-order chi connectivity index (χ1) is 15.2. The number of benzene rings is 2. The van der Waals surface area contributed by atoms with Gasteiger partial charge in [-0.1, -0.05) is 12.1 Å². The van der Waals surface area contributed by atoms with E-state index in [9.17, 15) is 23.9 Å². The predicted molar refractivity (Wildman–Crippen MR) is 118 cm³/mol. The van der Waals surface area contributed by atoms with E-state index in [1.807, 2.05) is 0 Å². The lowest BCUT2D eigenvalue weighted by Crippen LogP contribution is -2.54. The predicted octanol–water partition coefficient (Wildman–Crippen LogP) is 3.92. The lowest BCUT2D eigenvalue weighted by Gasteiger charge is -2.28. The van der Waals surface area contributed by atoms with Crippen molar-refractivity contribution in [3.8, 4) is 11.3 Å². The van der Waals surface area contributed by atoms with E-state index >= 15 is 0 Å². The molecule has 2 aromatic carbocycles. The molecule has 0 aliphatic carbocycles. The fourth-order valence-corrected chi connectivity index (χ4v) is 3.53. The normalized spacial score (nSPS) is 15.2. The zero-order chi connectivity index (χ0) is 23.0. The lowest BCUT2D eigenvalue weighted by atomic mass is 10.0. The van der Waals surface area contributed by atoms with Gasteiger partial charge in [0.2, 0.25) is 0 Å². The van der Waals surface area contributed by atoms with Crippen molar-refractivity contribution in [2.45, 2.75) is 6.92 Å². The molecule has 4 rings (SSSR count). The highest BCUT2D eigenvalue weighted by atomic mass is 32.1. The van der Waals surface area contributed by atoms with Crippen LogP contribution < -0.4 is 10.2 Å². The molecule has 2 heterocycles. The number of amides is 2. The number of furan rings is 1. The molecule has 7 nitrogen and oxygen atoms in total.